The summed E-state index contributed by atoms with van der Waals surface area (Å²) >= 11 is 0. The SMILES string of the molecule is COCCNS(=O)(=O)c1ccc(C(=O)N2CCNC(C)C2)cc1. The molecule has 1 heterocycles. The van der Waals surface area contributed by atoms with Gasteiger partial charge in [-0.2, -0.15) is 0 Å². The summed E-state index contributed by atoms with van der Waals surface area (Å²) in [6, 6.07) is 6.28. The van der Waals surface area contributed by atoms with Gasteiger partial charge in [-0.3, -0.25) is 4.79 Å². The van der Waals surface area contributed by atoms with Crippen molar-refractivity contribution in [2.24, 2.45) is 0 Å². The number of benzene rings is 1. The molecule has 0 aromatic heterocycles. The largest absolute Gasteiger partial charge is 0.383 e. The number of hydrogen-bond acceptors (Lipinski definition) is 5. The smallest absolute Gasteiger partial charge is 0.253 e. The molecular weight excluding hydrogens is 318 g/mol. The number of amides is 1. The van der Waals surface area contributed by atoms with Crippen LogP contribution in [0.15, 0.2) is 29.2 Å². The number of nitrogens with one attached hydrogen (secondary N) is 2. The molecule has 1 aromatic carbocycles. The van der Waals surface area contributed by atoms with Gasteiger partial charge in [0.25, 0.3) is 5.91 Å². The highest BCUT2D eigenvalue weighted by Crippen LogP contribution is 2.13. The van der Waals surface area contributed by atoms with Gasteiger partial charge in [-0.25, -0.2) is 13.1 Å². The topological polar surface area (TPSA) is 87.7 Å². The van der Waals surface area contributed by atoms with Gasteiger partial charge in [-0.15, -0.1) is 0 Å². The second-order valence-corrected chi connectivity index (χ2v) is 7.29. The van der Waals surface area contributed by atoms with E-state index in [0.29, 0.717) is 25.3 Å². The van der Waals surface area contributed by atoms with Gasteiger partial charge in [0.2, 0.25) is 10.0 Å². The van der Waals surface area contributed by atoms with Crippen molar-refractivity contribution in [3.63, 3.8) is 0 Å². The maximum absolute atomic E-state index is 12.4. The van der Waals surface area contributed by atoms with Crippen molar-refractivity contribution in [1.82, 2.24) is 14.9 Å². The van der Waals surface area contributed by atoms with E-state index in [9.17, 15) is 13.2 Å². The molecular formula is C15H23N3O4S. The number of carbonyl (C=O) groups is 1. The standard InChI is InChI=1S/C15H23N3O4S/c1-12-11-18(9-7-16-12)15(19)13-3-5-14(6-4-13)23(20,21)17-8-10-22-2/h3-6,12,16-17H,7-11H2,1-2H3. The van der Waals surface area contributed by atoms with Gasteiger partial charge in [-0.1, -0.05) is 0 Å². The van der Waals surface area contributed by atoms with Crippen LogP contribution in [-0.4, -0.2) is 65.2 Å². The third-order valence-corrected chi connectivity index (χ3v) is 5.14. The second kappa shape index (κ2) is 7.87. The fraction of sp³-hybridized carbons (Fsp3) is 0.533. The Morgan fingerprint density at radius 1 is 1.39 bits per heavy atom. The van der Waals surface area contributed by atoms with E-state index >= 15 is 0 Å². The molecule has 128 valence electrons. The summed E-state index contributed by atoms with van der Waals surface area (Å²) < 4.78 is 31.4. The summed E-state index contributed by atoms with van der Waals surface area (Å²) in [5.74, 6) is -0.0744. The minimum atomic E-state index is -3.57. The molecule has 0 saturated carbocycles. The zero-order chi connectivity index (χ0) is 16.9. The molecule has 0 bridgehead atoms. The summed E-state index contributed by atoms with van der Waals surface area (Å²) in [6.45, 7) is 4.61. The van der Waals surface area contributed by atoms with Crippen LogP contribution in [0.25, 0.3) is 0 Å². The van der Waals surface area contributed by atoms with E-state index in [-0.39, 0.29) is 23.4 Å². The van der Waals surface area contributed by atoms with Gasteiger partial charge in [0.15, 0.2) is 0 Å². The Morgan fingerprint density at radius 2 is 2.09 bits per heavy atom. The monoisotopic (exact) mass is 341 g/mol. The van der Waals surface area contributed by atoms with E-state index in [1.807, 2.05) is 6.92 Å². The molecule has 1 fully saturated rings. The van der Waals surface area contributed by atoms with Crippen molar-refractivity contribution in [1.29, 1.82) is 0 Å². The molecule has 1 atom stereocenters. The predicted molar refractivity (Wildman–Crippen MR) is 86.9 cm³/mol. The number of ether oxygens (including phenoxy) is 1. The highest BCUT2D eigenvalue weighted by Gasteiger charge is 2.22. The zero-order valence-electron chi connectivity index (χ0n) is 13.4. The first-order valence-corrected chi connectivity index (χ1v) is 9.03. The maximum atomic E-state index is 12.4. The first-order valence-electron chi connectivity index (χ1n) is 7.55. The summed E-state index contributed by atoms with van der Waals surface area (Å²) in [7, 11) is -2.07. The van der Waals surface area contributed by atoms with E-state index in [4.69, 9.17) is 4.74 Å². The molecule has 8 heteroatoms. The minimum absolute atomic E-state index is 0.0744. The van der Waals surface area contributed by atoms with Crippen LogP contribution in [0.3, 0.4) is 0 Å². The summed E-state index contributed by atoms with van der Waals surface area (Å²) in [5, 5.41) is 3.28. The van der Waals surface area contributed by atoms with Gasteiger partial charge in [0, 0.05) is 44.9 Å². The Kier molecular flexibility index (Phi) is 6.11. The van der Waals surface area contributed by atoms with Gasteiger partial charge in [-0.05, 0) is 31.2 Å². The van der Waals surface area contributed by atoms with E-state index in [1.54, 1.807) is 17.0 Å². The summed E-state index contributed by atoms with van der Waals surface area (Å²) in [4.78, 5) is 14.4. The third kappa shape index (κ3) is 4.74. The molecule has 2 N–H and O–H groups in total. The van der Waals surface area contributed by atoms with Gasteiger partial charge in [0.05, 0.1) is 11.5 Å². The average Bonchev–Trinajstić information content (AvgIpc) is 2.54. The summed E-state index contributed by atoms with van der Waals surface area (Å²) in [6.07, 6.45) is 0. The lowest BCUT2D eigenvalue weighted by molar-refractivity contribution is 0.0709. The van der Waals surface area contributed by atoms with Crippen LogP contribution in [0, 0.1) is 0 Å². The quantitative estimate of drug-likeness (QED) is 0.714. The zero-order valence-corrected chi connectivity index (χ0v) is 14.2. The molecule has 0 spiro atoms. The number of piperazine rings is 1. The van der Waals surface area contributed by atoms with Crippen LogP contribution >= 0.6 is 0 Å². The fourth-order valence-corrected chi connectivity index (χ4v) is 3.45. The number of nitrogens with zero attached hydrogens (tertiary/aromatic N) is 1. The number of carbonyl (C=O) groups excluding carboxylic acids is 1. The molecule has 0 radical (unpaired) electrons. The van der Waals surface area contributed by atoms with Crippen LogP contribution in [0.2, 0.25) is 0 Å². The highest BCUT2D eigenvalue weighted by molar-refractivity contribution is 7.89. The number of methoxy groups -OCH3 is 1. The highest BCUT2D eigenvalue weighted by atomic mass is 32.2. The Bertz CT molecular complexity index is 631. The molecule has 1 aliphatic rings. The Labute approximate surface area is 137 Å². The molecule has 1 unspecified atom stereocenters. The van der Waals surface area contributed by atoms with Crippen molar-refractivity contribution in [2.45, 2.75) is 17.9 Å². The second-order valence-electron chi connectivity index (χ2n) is 5.52. The van der Waals surface area contributed by atoms with Gasteiger partial charge in [0.1, 0.15) is 0 Å². The molecule has 7 nitrogen and oxygen atoms in total. The van der Waals surface area contributed by atoms with Crippen molar-refractivity contribution in [2.75, 3.05) is 39.9 Å². The molecule has 2 rings (SSSR count). The number of hydrogen-bond donors (Lipinski definition) is 2. The van der Waals surface area contributed by atoms with Crippen LogP contribution in [-0.2, 0) is 14.8 Å². The Morgan fingerprint density at radius 3 is 2.70 bits per heavy atom. The van der Waals surface area contributed by atoms with Crippen molar-refractivity contribution in [3.8, 4) is 0 Å². The van der Waals surface area contributed by atoms with E-state index in [2.05, 4.69) is 10.0 Å². The maximum Gasteiger partial charge on any atom is 0.253 e. The third-order valence-electron chi connectivity index (χ3n) is 3.67. The normalized spacial score (nSPS) is 18.9. The molecule has 23 heavy (non-hydrogen) atoms. The van der Waals surface area contributed by atoms with Crippen LogP contribution in [0.1, 0.15) is 17.3 Å². The lowest BCUT2D eigenvalue weighted by Gasteiger charge is -2.32. The van der Waals surface area contributed by atoms with E-state index in [1.165, 1.54) is 19.2 Å². The Hall–Kier alpha value is -1.48. The van der Waals surface area contributed by atoms with Crippen LogP contribution in [0.4, 0.5) is 0 Å². The lowest BCUT2D eigenvalue weighted by atomic mass is 10.1. The van der Waals surface area contributed by atoms with Crippen molar-refractivity contribution in [3.05, 3.63) is 29.8 Å². The van der Waals surface area contributed by atoms with Crippen LogP contribution in [0.5, 0.6) is 0 Å². The average molecular weight is 341 g/mol. The molecule has 1 saturated heterocycles. The molecule has 1 aromatic rings. The molecule has 0 aliphatic carbocycles. The fourth-order valence-electron chi connectivity index (χ4n) is 2.44. The van der Waals surface area contributed by atoms with Crippen molar-refractivity contribution >= 4 is 15.9 Å². The predicted octanol–water partition coefficient (Wildman–Crippen LogP) is 0.0452. The Balaban J connectivity index is 2.05. The molecule has 1 amide bonds. The first-order chi connectivity index (χ1) is 10.9. The number of sulfonamides is 1. The lowest BCUT2D eigenvalue weighted by Crippen LogP contribution is -2.51. The molecule has 1 aliphatic heterocycles. The van der Waals surface area contributed by atoms with Crippen LogP contribution < -0.4 is 10.0 Å². The van der Waals surface area contributed by atoms with Gasteiger partial charge >= 0.3 is 0 Å². The summed E-state index contributed by atoms with van der Waals surface area (Å²) in [5.41, 5.74) is 0.495. The minimum Gasteiger partial charge on any atom is -0.383 e. The van der Waals surface area contributed by atoms with Gasteiger partial charge < -0.3 is 15.0 Å². The first kappa shape index (κ1) is 17.9. The van der Waals surface area contributed by atoms with E-state index < -0.39 is 10.0 Å². The number of rotatable bonds is 6. The van der Waals surface area contributed by atoms with Crippen molar-refractivity contribution < 1.29 is 17.9 Å². The van der Waals surface area contributed by atoms with E-state index in [0.717, 1.165) is 6.54 Å².